The lowest BCUT2D eigenvalue weighted by Gasteiger charge is -2.10. The molecule has 31 heavy (non-hydrogen) atoms. The molecule has 1 amide bonds. The van der Waals surface area contributed by atoms with E-state index in [1.165, 1.54) is 24.3 Å². The van der Waals surface area contributed by atoms with Crippen LogP contribution in [0.5, 0.6) is 5.75 Å². The van der Waals surface area contributed by atoms with Crippen molar-refractivity contribution in [3.63, 3.8) is 0 Å². The first-order valence-corrected chi connectivity index (χ1v) is 10.3. The molecular formula is C22H22Cl2N2O5. The number of phenols is 1. The highest BCUT2D eigenvalue weighted by Crippen LogP contribution is 2.36. The fourth-order valence-electron chi connectivity index (χ4n) is 2.64. The zero-order valence-corrected chi connectivity index (χ0v) is 18.9. The summed E-state index contributed by atoms with van der Waals surface area (Å²) in [7, 11) is 0. The van der Waals surface area contributed by atoms with Crippen LogP contribution in [0.4, 0.5) is 11.4 Å². The second kappa shape index (κ2) is 10.3. The van der Waals surface area contributed by atoms with Crippen LogP contribution >= 0.6 is 23.2 Å². The zero-order valence-electron chi connectivity index (χ0n) is 17.4. The van der Waals surface area contributed by atoms with E-state index in [1.54, 1.807) is 6.26 Å². The molecule has 0 fully saturated rings. The zero-order chi connectivity index (χ0) is 23.3. The highest BCUT2D eigenvalue weighted by molar-refractivity contribution is 6.35. The lowest BCUT2D eigenvalue weighted by atomic mass is 10.0. The van der Waals surface area contributed by atoms with Gasteiger partial charge in [0, 0.05) is 17.7 Å². The number of benzene rings is 2. The Morgan fingerprint density at radius 3 is 2.35 bits per heavy atom. The van der Waals surface area contributed by atoms with E-state index >= 15 is 0 Å². The number of hydrogen-bond donors (Lipinski definition) is 2. The van der Waals surface area contributed by atoms with E-state index in [0.717, 1.165) is 11.6 Å². The summed E-state index contributed by atoms with van der Waals surface area (Å²) in [6, 6.07) is 8.12. The Balaban J connectivity index is 0.00000166. The summed E-state index contributed by atoms with van der Waals surface area (Å²) < 4.78 is 5.52. The molecule has 0 unspecified atom stereocenters. The van der Waals surface area contributed by atoms with E-state index in [9.17, 15) is 20.0 Å². The molecule has 0 saturated carbocycles. The minimum Gasteiger partial charge on any atom is -0.507 e. The standard InChI is InChI=1S/C20H16Cl2N2O5.C2H6/c1-10(2)11-5-19(29-9-11)13-8-18(25)14(7-15(13)21)20(26)23-17-4-3-12(24(27)28)6-16(17)22;1-2/h3-10,25H,1-2H3,(H,23,26);1-2H3. The van der Waals surface area contributed by atoms with Crippen LogP contribution in [0.25, 0.3) is 11.3 Å². The molecule has 0 bridgehead atoms. The molecule has 3 rings (SSSR count). The first kappa shape index (κ1) is 24.2. The molecule has 1 aromatic heterocycles. The molecule has 0 atom stereocenters. The minimum absolute atomic E-state index is 0.00782. The number of aromatic hydroxyl groups is 1. The highest BCUT2D eigenvalue weighted by Gasteiger charge is 2.19. The number of rotatable bonds is 5. The van der Waals surface area contributed by atoms with Crippen LogP contribution in [0.1, 0.15) is 49.5 Å². The molecule has 9 heteroatoms. The average molecular weight is 465 g/mol. The van der Waals surface area contributed by atoms with E-state index < -0.39 is 10.8 Å². The minimum atomic E-state index is -0.672. The summed E-state index contributed by atoms with van der Waals surface area (Å²) >= 11 is 12.3. The van der Waals surface area contributed by atoms with Crippen LogP contribution in [0, 0.1) is 10.1 Å². The Bertz CT molecular complexity index is 1110. The highest BCUT2D eigenvalue weighted by atomic mass is 35.5. The number of halogens is 2. The maximum atomic E-state index is 12.6. The van der Waals surface area contributed by atoms with Crippen LogP contribution in [-0.4, -0.2) is 15.9 Å². The molecule has 2 aromatic carbocycles. The number of carbonyl (C=O) groups excluding carboxylic acids is 1. The number of phenolic OH excluding ortho intramolecular Hbond substituents is 1. The molecule has 7 nitrogen and oxygen atoms in total. The molecule has 0 spiro atoms. The molecule has 0 radical (unpaired) electrons. The molecule has 0 saturated heterocycles. The van der Waals surface area contributed by atoms with Gasteiger partial charge in [-0.3, -0.25) is 14.9 Å². The van der Waals surface area contributed by atoms with Crippen molar-refractivity contribution in [1.82, 2.24) is 0 Å². The number of furan rings is 1. The molecule has 164 valence electrons. The van der Waals surface area contributed by atoms with E-state index in [1.807, 2.05) is 33.8 Å². The first-order chi connectivity index (χ1) is 14.7. The molecule has 0 aliphatic heterocycles. The third-order valence-corrected chi connectivity index (χ3v) is 4.92. The maximum absolute atomic E-state index is 12.6. The summed E-state index contributed by atoms with van der Waals surface area (Å²) in [6.45, 7) is 8.04. The van der Waals surface area contributed by atoms with Crippen molar-refractivity contribution < 1.29 is 19.2 Å². The number of anilines is 1. The number of nitro benzene ring substituents is 1. The molecule has 0 aliphatic carbocycles. The van der Waals surface area contributed by atoms with Crippen LogP contribution < -0.4 is 5.32 Å². The van der Waals surface area contributed by atoms with Gasteiger partial charge < -0.3 is 14.8 Å². The van der Waals surface area contributed by atoms with Gasteiger partial charge in [-0.2, -0.15) is 0 Å². The predicted octanol–water partition coefficient (Wildman–Crippen LogP) is 7.27. The van der Waals surface area contributed by atoms with Gasteiger partial charge in [-0.15, -0.1) is 0 Å². The Morgan fingerprint density at radius 2 is 1.81 bits per heavy atom. The number of nitrogens with zero attached hydrogens (tertiary/aromatic N) is 1. The predicted molar refractivity (Wildman–Crippen MR) is 122 cm³/mol. The lowest BCUT2D eigenvalue weighted by Crippen LogP contribution is -2.12. The number of nitro groups is 1. The lowest BCUT2D eigenvalue weighted by molar-refractivity contribution is -0.384. The second-order valence-corrected chi connectivity index (χ2v) is 7.44. The van der Waals surface area contributed by atoms with Crippen molar-refractivity contribution in [3.8, 4) is 17.1 Å². The summed E-state index contributed by atoms with van der Waals surface area (Å²) in [4.78, 5) is 22.7. The number of amides is 1. The van der Waals surface area contributed by atoms with Gasteiger partial charge in [0.05, 0.1) is 32.5 Å². The number of nitrogens with one attached hydrogen (secondary N) is 1. The van der Waals surface area contributed by atoms with Gasteiger partial charge in [0.1, 0.15) is 11.5 Å². The Morgan fingerprint density at radius 1 is 1.13 bits per heavy atom. The SMILES string of the molecule is CC.CC(C)c1coc(-c2cc(O)c(C(=O)Nc3ccc([N+](=O)[O-])cc3Cl)cc2Cl)c1. The normalized spacial score (nSPS) is 10.4. The average Bonchev–Trinajstić information content (AvgIpc) is 3.22. The summed E-state index contributed by atoms with van der Waals surface area (Å²) in [5, 5.41) is 23.8. The molecule has 0 aliphatic rings. The largest absolute Gasteiger partial charge is 0.507 e. The molecular weight excluding hydrogens is 443 g/mol. The van der Waals surface area contributed by atoms with Crippen molar-refractivity contribution in [2.45, 2.75) is 33.6 Å². The Hall–Kier alpha value is -3.03. The first-order valence-electron chi connectivity index (χ1n) is 9.54. The third kappa shape index (κ3) is 5.57. The van der Waals surface area contributed by atoms with Crippen molar-refractivity contribution >= 4 is 40.5 Å². The van der Waals surface area contributed by atoms with E-state index in [0.29, 0.717) is 11.3 Å². The van der Waals surface area contributed by atoms with Crippen molar-refractivity contribution in [1.29, 1.82) is 0 Å². The van der Waals surface area contributed by atoms with Gasteiger partial charge in [0.2, 0.25) is 0 Å². The van der Waals surface area contributed by atoms with Crippen molar-refractivity contribution in [2.24, 2.45) is 0 Å². The number of hydrogen-bond acceptors (Lipinski definition) is 5. The summed E-state index contributed by atoms with van der Waals surface area (Å²) in [6.07, 6.45) is 1.62. The molecule has 1 heterocycles. The monoisotopic (exact) mass is 464 g/mol. The van der Waals surface area contributed by atoms with Gasteiger partial charge in [0.25, 0.3) is 11.6 Å². The van der Waals surface area contributed by atoms with Gasteiger partial charge in [0.15, 0.2) is 0 Å². The quantitative estimate of drug-likeness (QED) is 0.305. The Labute approximate surface area is 189 Å². The molecule has 3 aromatic rings. The smallest absolute Gasteiger partial charge is 0.271 e. The van der Waals surface area contributed by atoms with E-state index in [2.05, 4.69) is 5.32 Å². The maximum Gasteiger partial charge on any atom is 0.271 e. The number of carbonyl (C=O) groups is 1. The van der Waals surface area contributed by atoms with E-state index in [-0.39, 0.29) is 38.7 Å². The second-order valence-electron chi connectivity index (χ2n) is 6.62. The van der Waals surface area contributed by atoms with Gasteiger partial charge >= 0.3 is 0 Å². The molecule has 2 N–H and O–H groups in total. The van der Waals surface area contributed by atoms with E-state index in [4.69, 9.17) is 27.6 Å². The summed E-state index contributed by atoms with van der Waals surface area (Å²) in [5.74, 6) is -0.243. The van der Waals surface area contributed by atoms with Gasteiger partial charge in [-0.05, 0) is 35.7 Å². The van der Waals surface area contributed by atoms with Gasteiger partial charge in [-0.25, -0.2) is 0 Å². The fraction of sp³-hybridized carbons (Fsp3) is 0.227. The Kier molecular flexibility index (Phi) is 8.08. The van der Waals surface area contributed by atoms with Crippen LogP contribution in [0.15, 0.2) is 47.1 Å². The van der Waals surface area contributed by atoms with Crippen LogP contribution in [-0.2, 0) is 0 Å². The topological polar surface area (TPSA) is 106 Å². The summed E-state index contributed by atoms with van der Waals surface area (Å²) in [5.41, 5.74) is 1.30. The number of non-ortho nitro benzene ring substituents is 1. The van der Waals surface area contributed by atoms with Gasteiger partial charge in [-0.1, -0.05) is 50.9 Å². The van der Waals surface area contributed by atoms with Crippen LogP contribution in [0.2, 0.25) is 10.0 Å². The fourth-order valence-corrected chi connectivity index (χ4v) is 3.11. The van der Waals surface area contributed by atoms with Crippen molar-refractivity contribution in [3.05, 3.63) is 73.9 Å². The third-order valence-electron chi connectivity index (χ3n) is 4.29. The van der Waals surface area contributed by atoms with Crippen LogP contribution in [0.3, 0.4) is 0 Å². The van der Waals surface area contributed by atoms with Crippen molar-refractivity contribution in [2.75, 3.05) is 5.32 Å².